The molecular weight excluding hydrogens is 485 g/mol. The highest BCUT2D eigenvalue weighted by Crippen LogP contribution is 2.59. The molecule has 1 fully saturated rings. The van der Waals surface area contributed by atoms with E-state index in [-0.39, 0.29) is 5.92 Å². The minimum absolute atomic E-state index is 0.0978. The number of fused-ring (bicyclic) bond motifs is 4. The minimum atomic E-state index is -4.66. The van der Waals surface area contributed by atoms with Gasteiger partial charge in [-0.25, -0.2) is 0 Å². The van der Waals surface area contributed by atoms with E-state index in [4.69, 9.17) is 14.5 Å². The highest BCUT2D eigenvalue weighted by Gasteiger charge is 2.54. The normalized spacial score (nSPS) is 26.1. The predicted octanol–water partition coefficient (Wildman–Crippen LogP) is 5.72. The average molecular weight is 517 g/mol. The minimum Gasteiger partial charge on any atom is -0.388 e. The van der Waals surface area contributed by atoms with Crippen LogP contribution in [0.25, 0.3) is 0 Å². The number of hydrogen-bond acceptors (Lipinski definition) is 6. The third-order valence-electron chi connectivity index (χ3n) is 8.06. The van der Waals surface area contributed by atoms with Crippen molar-refractivity contribution >= 4 is 0 Å². The first-order chi connectivity index (χ1) is 17.3. The first kappa shape index (κ1) is 26.1. The van der Waals surface area contributed by atoms with Crippen LogP contribution in [0.1, 0.15) is 116 Å². The molecule has 1 aromatic heterocycles. The van der Waals surface area contributed by atoms with Gasteiger partial charge in [0.25, 0.3) is 0 Å². The number of aliphatic hydroxyl groups is 2. The van der Waals surface area contributed by atoms with Crippen molar-refractivity contribution in [2.75, 3.05) is 13.2 Å². The van der Waals surface area contributed by atoms with E-state index in [0.29, 0.717) is 60.6 Å². The summed E-state index contributed by atoms with van der Waals surface area (Å²) in [6.45, 7) is 8.55. The summed E-state index contributed by atoms with van der Waals surface area (Å²) in [7, 11) is 0. The van der Waals surface area contributed by atoms with Gasteiger partial charge in [0.05, 0.1) is 34.6 Å². The van der Waals surface area contributed by atoms with E-state index < -0.39 is 46.6 Å². The number of nitriles is 1. The first-order valence-electron chi connectivity index (χ1n) is 12.6. The van der Waals surface area contributed by atoms with Crippen LogP contribution in [0.15, 0.2) is 18.2 Å². The Labute approximate surface area is 214 Å². The van der Waals surface area contributed by atoms with E-state index in [1.807, 2.05) is 27.7 Å². The second kappa shape index (κ2) is 8.77. The van der Waals surface area contributed by atoms with Crippen LogP contribution in [0, 0.1) is 16.7 Å². The summed E-state index contributed by atoms with van der Waals surface area (Å²) in [5.41, 5.74) is 0.650. The lowest BCUT2D eigenvalue weighted by Gasteiger charge is -2.42. The molecule has 5 rings (SSSR count). The topological polar surface area (TPSA) is 95.6 Å². The first-order valence-corrected chi connectivity index (χ1v) is 12.6. The number of aliphatic hydroxyl groups excluding tert-OH is 2. The van der Waals surface area contributed by atoms with Crippen LogP contribution in [0.4, 0.5) is 13.2 Å². The van der Waals surface area contributed by atoms with Gasteiger partial charge in [0.15, 0.2) is 0 Å². The van der Waals surface area contributed by atoms with E-state index in [2.05, 4.69) is 0 Å². The van der Waals surface area contributed by atoms with Gasteiger partial charge in [0.1, 0.15) is 12.2 Å². The fourth-order valence-corrected chi connectivity index (χ4v) is 6.19. The largest absolute Gasteiger partial charge is 0.417 e. The molecule has 0 bridgehead atoms. The van der Waals surface area contributed by atoms with Crippen LogP contribution in [0.2, 0.25) is 0 Å². The van der Waals surface area contributed by atoms with E-state index in [0.717, 1.165) is 11.6 Å². The Hall–Kier alpha value is -2.51. The molecule has 6 nitrogen and oxygen atoms in total. The fraction of sp³-hybridized carbons (Fsp3) is 0.571. The van der Waals surface area contributed by atoms with Gasteiger partial charge in [0.2, 0.25) is 0 Å². The lowest BCUT2D eigenvalue weighted by Crippen LogP contribution is -2.38. The molecule has 1 unspecified atom stereocenters. The van der Waals surface area contributed by atoms with Gasteiger partial charge in [-0.2, -0.15) is 18.4 Å². The second-order valence-electron chi connectivity index (χ2n) is 11.4. The Morgan fingerprint density at radius 1 is 1.14 bits per heavy atom. The summed E-state index contributed by atoms with van der Waals surface area (Å²) < 4.78 is 52.9. The molecule has 1 aromatic carbocycles. The molecule has 9 heteroatoms. The van der Waals surface area contributed by atoms with Gasteiger partial charge in [-0.1, -0.05) is 33.8 Å². The van der Waals surface area contributed by atoms with Gasteiger partial charge >= 0.3 is 6.18 Å². The molecule has 1 spiro atoms. The zero-order chi connectivity index (χ0) is 26.9. The molecule has 3 heterocycles. The number of rotatable bonds is 2. The molecule has 1 aliphatic carbocycles. The van der Waals surface area contributed by atoms with Crippen LogP contribution < -0.4 is 0 Å². The standard InChI is InChI=1S/C28H31F3N2O4/c1-14(2)22-20-21(19-18(34)12-26(3,4)25(35)23(19)33-22)27(7-9-36-10-8-27)37-24(20)15-5-6-17(28(29,30)31)16(11-15)13-32/h5-6,11,14,18,24-25,34-35H,7-10,12H2,1-4H3/t18?,24-,25+/m1/s1. The molecular formula is C28H31F3N2O4. The summed E-state index contributed by atoms with van der Waals surface area (Å²) in [5.74, 6) is -0.0978. The Morgan fingerprint density at radius 2 is 1.81 bits per heavy atom. The lowest BCUT2D eigenvalue weighted by atomic mass is 9.68. The molecule has 0 radical (unpaired) electrons. The van der Waals surface area contributed by atoms with E-state index in [1.165, 1.54) is 12.1 Å². The summed E-state index contributed by atoms with van der Waals surface area (Å²) in [5, 5.41) is 32.2. The highest BCUT2D eigenvalue weighted by molar-refractivity contribution is 5.56. The molecule has 0 saturated carbocycles. The second-order valence-corrected chi connectivity index (χ2v) is 11.4. The quantitative estimate of drug-likeness (QED) is 0.530. The van der Waals surface area contributed by atoms with Crippen LogP contribution >= 0.6 is 0 Å². The summed E-state index contributed by atoms with van der Waals surface area (Å²) in [4.78, 5) is 4.90. The van der Waals surface area contributed by atoms with Crippen molar-refractivity contribution in [3.05, 3.63) is 63.0 Å². The van der Waals surface area contributed by atoms with Crippen LogP contribution in [0.5, 0.6) is 0 Å². The maximum absolute atomic E-state index is 13.5. The van der Waals surface area contributed by atoms with E-state index in [1.54, 1.807) is 6.07 Å². The van der Waals surface area contributed by atoms with E-state index >= 15 is 0 Å². The van der Waals surface area contributed by atoms with Gasteiger partial charge in [-0.05, 0) is 41.0 Å². The molecule has 3 atom stereocenters. The summed E-state index contributed by atoms with van der Waals surface area (Å²) in [6.07, 6.45) is -5.92. The predicted molar refractivity (Wildman–Crippen MR) is 127 cm³/mol. The van der Waals surface area contributed by atoms with Gasteiger partial charge in [-0.3, -0.25) is 4.98 Å². The fourth-order valence-electron chi connectivity index (χ4n) is 6.19. The third kappa shape index (κ3) is 4.06. The smallest absolute Gasteiger partial charge is 0.388 e. The Morgan fingerprint density at radius 3 is 2.41 bits per heavy atom. The average Bonchev–Trinajstić information content (AvgIpc) is 3.15. The number of hydrogen-bond donors (Lipinski definition) is 2. The SMILES string of the molecule is CC(C)c1nc2c(c3c1[C@@H](c1ccc(C(F)(F)F)c(C#N)c1)OC31CCOCC1)C(O)CC(C)(C)[C@H]2O. The van der Waals surface area contributed by atoms with Crippen LogP contribution in [-0.4, -0.2) is 28.4 Å². The molecule has 2 N–H and O–H groups in total. The van der Waals surface area contributed by atoms with Crippen molar-refractivity contribution in [2.24, 2.45) is 5.41 Å². The molecule has 3 aliphatic rings. The Balaban J connectivity index is 1.80. The molecule has 1 saturated heterocycles. The summed E-state index contributed by atoms with van der Waals surface area (Å²) >= 11 is 0. The maximum Gasteiger partial charge on any atom is 0.417 e. The molecule has 198 valence electrons. The van der Waals surface area contributed by atoms with Crippen LogP contribution in [0.3, 0.4) is 0 Å². The van der Waals surface area contributed by atoms with Crippen molar-refractivity contribution in [1.29, 1.82) is 5.26 Å². The number of alkyl halides is 3. The van der Waals surface area contributed by atoms with Gasteiger partial charge in [-0.15, -0.1) is 0 Å². The molecule has 2 aromatic rings. The van der Waals surface area contributed by atoms with Gasteiger partial charge < -0.3 is 19.7 Å². The summed E-state index contributed by atoms with van der Waals surface area (Å²) in [6, 6.07) is 5.21. The van der Waals surface area contributed by atoms with Crippen molar-refractivity contribution in [2.45, 2.75) is 83.0 Å². The van der Waals surface area contributed by atoms with E-state index in [9.17, 15) is 28.6 Å². The van der Waals surface area contributed by atoms with Crippen LogP contribution in [-0.2, 0) is 21.3 Å². The van der Waals surface area contributed by atoms with Crippen molar-refractivity contribution in [1.82, 2.24) is 4.98 Å². The maximum atomic E-state index is 13.5. The number of halogens is 3. The number of pyridine rings is 1. The molecule has 37 heavy (non-hydrogen) atoms. The van der Waals surface area contributed by atoms with Gasteiger partial charge in [0, 0.05) is 42.9 Å². The molecule has 2 aliphatic heterocycles. The number of nitrogens with zero attached hydrogens (tertiary/aromatic N) is 2. The zero-order valence-electron chi connectivity index (χ0n) is 21.3. The van der Waals surface area contributed by atoms with Crippen molar-refractivity contribution in [3.8, 4) is 6.07 Å². The number of aromatic nitrogens is 1. The number of benzene rings is 1. The highest BCUT2D eigenvalue weighted by atomic mass is 19.4. The van der Waals surface area contributed by atoms with Crippen molar-refractivity contribution < 1.29 is 32.9 Å². The zero-order valence-corrected chi connectivity index (χ0v) is 21.3. The molecule has 0 amide bonds. The number of ether oxygens (including phenoxy) is 2. The Bertz CT molecular complexity index is 1280. The lowest BCUT2D eigenvalue weighted by molar-refractivity contribution is -0.138. The monoisotopic (exact) mass is 516 g/mol. The third-order valence-corrected chi connectivity index (χ3v) is 8.06. The van der Waals surface area contributed by atoms with Crippen molar-refractivity contribution in [3.63, 3.8) is 0 Å². The Kier molecular flexibility index (Phi) is 6.19.